The third-order valence-corrected chi connectivity index (χ3v) is 7.83. The second-order valence-corrected chi connectivity index (χ2v) is 10.1. The summed E-state index contributed by atoms with van der Waals surface area (Å²) in [5, 5.41) is 9.73. The number of aromatic nitrogens is 5. The van der Waals surface area contributed by atoms with Gasteiger partial charge in [-0.05, 0) is 63.2 Å². The van der Waals surface area contributed by atoms with Crippen LogP contribution >= 0.6 is 0 Å². The highest BCUT2D eigenvalue weighted by Crippen LogP contribution is 2.37. The van der Waals surface area contributed by atoms with Crippen LogP contribution in [0.25, 0.3) is 33.2 Å². The molecule has 1 aliphatic heterocycles. The average molecular weight is 474 g/mol. The van der Waals surface area contributed by atoms with Crippen LogP contribution in [0.5, 0.6) is 0 Å². The zero-order valence-corrected chi connectivity index (χ0v) is 20.7. The first kappa shape index (κ1) is 22.2. The number of aryl methyl sites for hydroxylation is 1. The predicted molar refractivity (Wildman–Crippen MR) is 137 cm³/mol. The molecule has 0 spiro atoms. The smallest absolute Gasteiger partial charge is 0.330 e. The molecule has 1 aromatic carbocycles. The fourth-order valence-corrected chi connectivity index (χ4v) is 5.47. The van der Waals surface area contributed by atoms with E-state index < -0.39 is 0 Å². The monoisotopic (exact) mass is 473 g/mol. The molecule has 3 aromatic heterocycles. The molecule has 2 aliphatic rings. The van der Waals surface area contributed by atoms with Crippen LogP contribution in [0.1, 0.15) is 25.3 Å². The van der Waals surface area contributed by atoms with Gasteiger partial charge in [-0.25, -0.2) is 9.78 Å². The van der Waals surface area contributed by atoms with E-state index in [-0.39, 0.29) is 17.8 Å². The molecule has 9 nitrogen and oxygen atoms in total. The Morgan fingerprint density at radius 1 is 1.09 bits per heavy atom. The molecule has 9 heteroatoms. The maximum atomic E-state index is 13.1. The summed E-state index contributed by atoms with van der Waals surface area (Å²) in [5.41, 5.74) is 4.26. The van der Waals surface area contributed by atoms with Gasteiger partial charge in [0.05, 0.1) is 11.6 Å². The normalized spacial score (nSPS) is 22.4. The molecule has 0 unspecified atom stereocenters. The van der Waals surface area contributed by atoms with Crippen LogP contribution in [0.3, 0.4) is 0 Å². The zero-order chi connectivity index (χ0) is 24.3. The van der Waals surface area contributed by atoms with Gasteiger partial charge in [-0.1, -0.05) is 6.07 Å². The first-order valence-corrected chi connectivity index (χ1v) is 12.2. The third-order valence-electron chi connectivity index (χ3n) is 7.83. The van der Waals surface area contributed by atoms with Gasteiger partial charge in [0.1, 0.15) is 11.3 Å². The second-order valence-electron chi connectivity index (χ2n) is 10.1. The minimum atomic E-state index is -0.0561. The standard InChI is InChI=1S/C26H31N7O2/c1-30(2)18-9-10-32(15-18)23-8-6-17(14-27-23)16-5-7-22-21(11-16)24-25(29-28-22)31(3)26(34)33(24)19-12-20(13-19)35-4/h5-8,11,14,18-20H,9-10,12-13,15H2,1-4H3/t18-,19?,20?/m1/s1. The second kappa shape index (κ2) is 8.42. The highest BCUT2D eigenvalue weighted by molar-refractivity contribution is 6.02. The Bertz CT molecular complexity index is 1450. The number of imidazole rings is 1. The molecule has 6 rings (SSSR count). The van der Waals surface area contributed by atoms with Gasteiger partial charge in [-0.3, -0.25) is 9.13 Å². The lowest BCUT2D eigenvalue weighted by Gasteiger charge is -2.34. The van der Waals surface area contributed by atoms with Crippen molar-refractivity contribution in [2.45, 2.75) is 37.5 Å². The molecule has 1 saturated carbocycles. The fourth-order valence-electron chi connectivity index (χ4n) is 5.47. The molecule has 4 heterocycles. The molecule has 0 N–H and O–H groups in total. The predicted octanol–water partition coefficient (Wildman–Crippen LogP) is 2.84. The SMILES string of the molecule is COC1CC(n2c(=O)n(C)c3nnc4ccc(-c5ccc(N6CC[C@@H](N(C)C)C6)nc5)cc4c32)C1. The van der Waals surface area contributed by atoms with Crippen molar-refractivity contribution < 1.29 is 4.74 Å². The van der Waals surface area contributed by atoms with Crippen molar-refractivity contribution in [3.63, 3.8) is 0 Å². The Morgan fingerprint density at radius 3 is 2.57 bits per heavy atom. The topological polar surface area (TPSA) is 81.3 Å². The molecular formula is C26H31N7O2. The van der Waals surface area contributed by atoms with E-state index in [2.05, 4.69) is 52.3 Å². The summed E-state index contributed by atoms with van der Waals surface area (Å²) in [6, 6.07) is 11.1. The van der Waals surface area contributed by atoms with Crippen molar-refractivity contribution in [1.29, 1.82) is 0 Å². The summed E-state index contributed by atoms with van der Waals surface area (Å²) in [7, 11) is 7.77. The lowest BCUT2D eigenvalue weighted by Crippen LogP contribution is -2.37. The Hall–Kier alpha value is -3.30. The van der Waals surface area contributed by atoms with E-state index >= 15 is 0 Å². The van der Waals surface area contributed by atoms with Crippen molar-refractivity contribution >= 4 is 27.9 Å². The molecular weight excluding hydrogens is 442 g/mol. The molecule has 182 valence electrons. The van der Waals surface area contributed by atoms with Crippen LogP contribution in [0.2, 0.25) is 0 Å². The molecule has 1 atom stereocenters. The highest BCUT2D eigenvalue weighted by Gasteiger charge is 2.34. The molecule has 1 aliphatic carbocycles. The number of pyridine rings is 1. The third kappa shape index (κ3) is 3.61. The van der Waals surface area contributed by atoms with E-state index in [9.17, 15) is 4.79 Å². The van der Waals surface area contributed by atoms with E-state index in [1.54, 1.807) is 18.7 Å². The summed E-state index contributed by atoms with van der Waals surface area (Å²) in [5.74, 6) is 1.02. The number of nitrogens with zero attached hydrogens (tertiary/aromatic N) is 7. The van der Waals surface area contributed by atoms with Crippen molar-refractivity contribution in [2.24, 2.45) is 7.05 Å². The summed E-state index contributed by atoms with van der Waals surface area (Å²) in [6.45, 7) is 2.03. The molecule has 4 aromatic rings. The number of hydrogen-bond acceptors (Lipinski definition) is 7. The Kier molecular flexibility index (Phi) is 5.34. The number of ether oxygens (including phenoxy) is 1. The maximum Gasteiger partial charge on any atom is 0.330 e. The zero-order valence-electron chi connectivity index (χ0n) is 20.7. The van der Waals surface area contributed by atoms with Crippen molar-refractivity contribution in [2.75, 3.05) is 39.2 Å². The molecule has 0 radical (unpaired) electrons. The number of fused-ring (bicyclic) bond motifs is 3. The number of hydrogen-bond donors (Lipinski definition) is 0. The van der Waals surface area contributed by atoms with Crippen LogP contribution in [0, 0.1) is 0 Å². The summed E-state index contributed by atoms with van der Waals surface area (Å²) in [6.07, 6.45) is 4.96. The van der Waals surface area contributed by atoms with Crippen LogP contribution in [0.4, 0.5) is 5.82 Å². The summed E-state index contributed by atoms with van der Waals surface area (Å²) in [4.78, 5) is 22.6. The van der Waals surface area contributed by atoms with Crippen LogP contribution in [-0.2, 0) is 11.8 Å². The lowest BCUT2D eigenvalue weighted by atomic mass is 9.89. The average Bonchev–Trinajstić information content (AvgIpc) is 3.43. The first-order chi connectivity index (χ1) is 16.9. The maximum absolute atomic E-state index is 13.1. The van der Waals surface area contributed by atoms with Gasteiger partial charge in [0, 0.05) is 56.5 Å². The molecule has 2 fully saturated rings. The van der Waals surface area contributed by atoms with E-state index in [4.69, 9.17) is 9.72 Å². The van der Waals surface area contributed by atoms with Crippen molar-refractivity contribution in [1.82, 2.24) is 29.2 Å². The Balaban J connectivity index is 1.38. The summed E-state index contributed by atoms with van der Waals surface area (Å²) < 4.78 is 8.95. The van der Waals surface area contributed by atoms with E-state index in [1.807, 2.05) is 22.9 Å². The number of benzene rings is 1. The van der Waals surface area contributed by atoms with E-state index in [1.165, 1.54) is 0 Å². The van der Waals surface area contributed by atoms with Gasteiger partial charge in [-0.2, -0.15) is 0 Å². The fraction of sp³-hybridized carbons (Fsp3) is 0.462. The van der Waals surface area contributed by atoms with Gasteiger partial charge >= 0.3 is 5.69 Å². The van der Waals surface area contributed by atoms with Gasteiger partial charge in [-0.15, -0.1) is 10.2 Å². The number of rotatable bonds is 5. The lowest BCUT2D eigenvalue weighted by molar-refractivity contribution is 0.00635. The van der Waals surface area contributed by atoms with E-state index in [0.717, 1.165) is 65.7 Å². The largest absolute Gasteiger partial charge is 0.381 e. The van der Waals surface area contributed by atoms with Crippen molar-refractivity contribution in [3.05, 3.63) is 47.0 Å². The summed E-state index contributed by atoms with van der Waals surface area (Å²) >= 11 is 0. The number of methoxy groups -OCH3 is 1. The van der Waals surface area contributed by atoms with Gasteiger partial charge in [0.2, 0.25) is 0 Å². The molecule has 0 amide bonds. The minimum absolute atomic E-state index is 0.0561. The minimum Gasteiger partial charge on any atom is -0.381 e. The van der Waals surface area contributed by atoms with Gasteiger partial charge in [0.25, 0.3) is 0 Å². The van der Waals surface area contributed by atoms with Gasteiger partial charge < -0.3 is 14.5 Å². The first-order valence-electron chi connectivity index (χ1n) is 12.2. The quantitative estimate of drug-likeness (QED) is 0.441. The highest BCUT2D eigenvalue weighted by atomic mass is 16.5. The van der Waals surface area contributed by atoms with Crippen LogP contribution in [0.15, 0.2) is 41.3 Å². The molecule has 35 heavy (non-hydrogen) atoms. The van der Waals surface area contributed by atoms with Crippen LogP contribution < -0.4 is 10.6 Å². The Labute approximate surface area is 203 Å². The van der Waals surface area contributed by atoms with Crippen LogP contribution in [-0.4, -0.2) is 75.7 Å². The van der Waals surface area contributed by atoms with Gasteiger partial charge in [0.15, 0.2) is 5.65 Å². The molecule has 0 bridgehead atoms. The van der Waals surface area contributed by atoms with Crippen molar-refractivity contribution in [3.8, 4) is 11.1 Å². The molecule has 1 saturated heterocycles. The van der Waals surface area contributed by atoms with E-state index in [0.29, 0.717) is 11.7 Å². The Morgan fingerprint density at radius 2 is 1.89 bits per heavy atom. The number of likely N-dealkylation sites (N-methyl/N-ethyl adjacent to an activating group) is 1. The number of anilines is 1.